The van der Waals surface area contributed by atoms with Gasteiger partial charge in [-0.1, -0.05) is 0 Å². The first-order chi connectivity index (χ1) is 7.18. The zero-order valence-electron chi connectivity index (χ0n) is 9.12. The summed E-state index contributed by atoms with van der Waals surface area (Å²) in [6, 6.07) is 2.11. The van der Waals surface area contributed by atoms with Crippen LogP contribution in [0.1, 0.15) is 23.0 Å². The Labute approximate surface area is 89.2 Å². The van der Waals surface area contributed by atoms with E-state index >= 15 is 0 Å². The number of furan rings is 1. The molecule has 0 spiro atoms. The van der Waals surface area contributed by atoms with Crippen LogP contribution in [0.25, 0.3) is 0 Å². The quantitative estimate of drug-likeness (QED) is 0.749. The second-order valence-electron chi connectivity index (χ2n) is 4.00. The van der Waals surface area contributed by atoms with Crippen molar-refractivity contribution in [3.8, 4) is 0 Å². The van der Waals surface area contributed by atoms with E-state index in [1.807, 2.05) is 11.8 Å². The van der Waals surface area contributed by atoms with Gasteiger partial charge in [0.25, 0.3) is 5.91 Å². The van der Waals surface area contributed by atoms with E-state index in [4.69, 9.17) is 4.42 Å². The van der Waals surface area contributed by atoms with E-state index in [2.05, 4.69) is 12.2 Å². The first-order valence-corrected chi connectivity index (χ1v) is 5.25. The van der Waals surface area contributed by atoms with Crippen LogP contribution < -0.4 is 5.32 Å². The van der Waals surface area contributed by atoms with Crippen LogP contribution in [0.4, 0.5) is 0 Å². The van der Waals surface area contributed by atoms with Crippen molar-refractivity contribution in [2.45, 2.75) is 19.9 Å². The van der Waals surface area contributed by atoms with Crippen molar-refractivity contribution in [3.05, 3.63) is 23.7 Å². The first kappa shape index (κ1) is 10.2. The molecule has 2 heterocycles. The number of rotatable bonds is 1. The molecule has 0 saturated carbocycles. The highest BCUT2D eigenvalue weighted by molar-refractivity contribution is 5.95. The summed E-state index contributed by atoms with van der Waals surface area (Å²) in [6.07, 6.45) is 1.56. The fraction of sp³-hybridized carbons (Fsp3) is 0.545. The van der Waals surface area contributed by atoms with E-state index in [0.717, 1.165) is 19.6 Å². The average Bonchev–Trinajstić information content (AvgIpc) is 2.63. The molecule has 1 saturated heterocycles. The van der Waals surface area contributed by atoms with Crippen LogP contribution in [0, 0.1) is 6.92 Å². The number of aryl methyl sites for hydroxylation is 1. The van der Waals surface area contributed by atoms with E-state index in [-0.39, 0.29) is 5.91 Å². The molecule has 0 aliphatic carbocycles. The molecule has 1 aromatic heterocycles. The van der Waals surface area contributed by atoms with Gasteiger partial charge in [-0.3, -0.25) is 4.79 Å². The van der Waals surface area contributed by atoms with Gasteiger partial charge in [0.05, 0.1) is 11.8 Å². The maximum absolute atomic E-state index is 12.1. The van der Waals surface area contributed by atoms with E-state index < -0.39 is 0 Å². The first-order valence-electron chi connectivity index (χ1n) is 5.25. The minimum Gasteiger partial charge on any atom is -0.469 e. The lowest BCUT2D eigenvalue weighted by Gasteiger charge is -2.31. The van der Waals surface area contributed by atoms with Gasteiger partial charge < -0.3 is 14.6 Å². The number of nitrogens with one attached hydrogen (secondary N) is 1. The monoisotopic (exact) mass is 208 g/mol. The Morgan fingerprint density at radius 2 is 2.47 bits per heavy atom. The molecule has 1 fully saturated rings. The predicted octanol–water partition coefficient (Wildman–Crippen LogP) is 1.02. The van der Waals surface area contributed by atoms with Gasteiger partial charge in [-0.05, 0) is 19.9 Å². The molecule has 1 aliphatic rings. The summed E-state index contributed by atoms with van der Waals surface area (Å²) in [6.45, 7) is 6.31. The molecule has 1 amide bonds. The summed E-state index contributed by atoms with van der Waals surface area (Å²) in [7, 11) is 0. The number of nitrogens with zero attached hydrogens (tertiary/aromatic N) is 1. The van der Waals surface area contributed by atoms with Gasteiger partial charge in [-0.15, -0.1) is 0 Å². The van der Waals surface area contributed by atoms with Crippen LogP contribution in [0.2, 0.25) is 0 Å². The number of amides is 1. The largest absolute Gasteiger partial charge is 0.469 e. The third-order valence-electron chi connectivity index (χ3n) is 2.75. The molecule has 2 rings (SSSR count). The lowest BCUT2D eigenvalue weighted by Crippen LogP contribution is -2.51. The second kappa shape index (κ2) is 4.06. The normalized spacial score (nSPS) is 21.7. The van der Waals surface area contributed by atoms with E-state index in [1.165, 1.54) is 0 Å². The molecule has 0 radical (unpaired) electrons. The zero-order chi connectivity index (χ0) is 10.8. The van der Waals surface area contributed by atoms with E-state index in [9.17, 15) is 4.79 Å². The molecule has 4 nitrogen and oxygen atoms in total. The Kier molecular flexibility index (Phi) is 2.77. The van der Waals surface area contributed by atoms with Crippen molar-refractivity contribution in [2.24, 2.45) is 0 Å². The summed E-state index contributed by atoms with van der Waals surface area (Å²) in [4.78, 5) is 13.9. The maximum atomic E-state index is 12.1. The molecule has 15 heavy (non-hydrogen) atoms. The van der Waals surface area contributed by atoms with Crippen LogP contribution in [0.5, 0.6) is 0 Å². The molecular formula is C11H16N2O2. The van der Waals surface area contributed by atoms with Crippen molar-refractivity contribution in [3.63, 3.8) is 0 Å². The van der Waals surface area contributed by atoms with Crippen LogP contribution in [0.3, 0.4) is 0 Å². The highest BCUT2D eigenvalue weighted by Gasteiger charge is 2.23. The van der Waals surface area contributed by atoms with Crippen LogP contribution in [-0.4, -0.2) is 36.5 Å². The van der Waals surface area contributed by atoms with E-state index in [1.54, 1.807) is 12.3 Å². The van der Waals surface area contributed by atoms with Crippen molar-refractivity contribution >= 4 is 5.91 Å². The smallest absolute Gasteiger partial charge is 0.257 e. The summed E-state index contributed by atoms with van der Waals surface area (Å²) in [5, 5.41) is 3.31. The van der Waals surface area contributed by atoms with Gasteiger partial charge in [0.2, 0.25) is 0 Å². The Morgan fingerprint density at radius 1 is 1.67 bits per heavy atom. The van der Waals surface area contributed by atoms with Crippen LogP contribution in [-0.2, 0) is 0 Å². The molecule has 0 aromatic carbocycles. The second-order valence-corrected chi connectivity index (χ2v) is 4.00. The highest BCUT2D eigenvalue weighted by Crippen LogP contribution is 2.13. The Morgan fingerprint density at radius 3 is 3.07 bits per heavy atom. The van der Waals surface area contributed by atoms with Crippen molar-refractivity contribution in [1.29, 1.82) is 0 Å². The average molecular weight is 208 g/mol. The number of piperazine rings is 1. The maximum Gasteiger partial charge on any atom is 0.257 e. The van der Waals surface area contributed by atoms with Crippen molar-refractivity contribution in [1.82, 2.24) is 10.2 Å². The minimum absolute atomic E-state index is 0.0783. The van der Waals surface area contributed by atoms with Crippen LogP contribution in [0.15, 0.2) is 16.7 Å². The SMILES string of the molecule is Cc1occc1C(=O)N1CCNC(C)C1. The number of carbonyl (C=O) groups is 1. The Bertz CT molecular complexity index is 359. The molecule has 1 unspecified atom stereocenters. The number of carbonyl (C=O) groups excluding carboxylic acids is 1. The van der Waals surface area contributed by atoms with Gasteiger partial charge in [-0.25, -0.2) is 0 Å². The molecule has 1 aromatic rings. The lowest BCUT2D eigenvalue weighted by atomic mass is 10.2. The molecule has 4 heteroatoms. The standard InChI is InChI=1S/C11H16N2O2/c1-8-7-13(5-4-12-8)11(14)10-3-6-15-9(10)2/h3,6,8,12H,4-5,7H2,1-2H3. The summed E-state index contributed by atoms with van der Waals surface area (Å²) in [5.74, 6) is 0.779. The molecule has 1 N–H and O–H groups in total. The third-order valence-corrected chi connectivity index (χ3v) is 2.75. The van der Waals surface area contributed by atoms with Gasteiger partial charge in [0, 0.05) is 25.7 Å². The van der Waals surface area contributed by atoms with Gasteiger partial charge in [0.1, 0.15) is 5.76 Å². The predicted molar refractivity (Wildman–Crippen MR) is 56.8 cm³/mol. The summed E-state index contributed by atoms with van der Waals surface area (Å²) < 4.78 is 5.14. The van der Waals surface area contributed by atoms with Gasteiger partial charge >= 0.3 is 0 Å². The third kappa shape index (κ3) is 2.04. The van der Waals surface area contributed by atoms with Crippen LogP contribution >= 0.6 is 0 Å². The van der Waals surface area contributed by atoms with Crippen molar-refractivity contribution in [2.75, 3.05) is 19.6 Å². The highest BCUT2D eigenvalue weighted by atomic mass is 16.3. The Balaban J connectivity index is 2.11. The lowest BCUT2D eigenvalue weighted by molar-refractivity contribution is 0.0707. The molecule has 1 atom stereocenters. The van der Waals surface area contributed by atoms with Gasteiger partial charge in [-0.2, -0.15) is 0 Å². The topological polar surface area (TPSA) is 45.5 Å². The number of hydrogen-bond acceptors (Lipinski definition) is 3. The Hall–Kier alpha value is -1.29. The minimum atomic E-state index is 0.0783. The van der Waals surface area contributed by atoms with Crippen molar-refractivity contribution < 1.29 is 9.21 Å². The van der Waals surface area contributed by atoms with E-state index in [0.29, 0.717) is 17.4 Å². The fourth-order valence-corrected chi connectivity index (χ4v) is 1.89. The molecule has 82 valence electrons. The van der Waals surface area contributed by atoms with Gasteiger partial charge in [0.15, 0.2) is 0 Å². The molecular weight excluding hydrogens is 192 g/mol. The molecule has 0 bridgehead atoms. The summed E-state index contributed by atoms with van der Waals surface area (Å²) in [5.41, 5.74) is 0.684. The zero-order valence-corrected chi connectivity index (χ0v) is 9.12. The summed E-state index contributed by atoms with van der Waals surface area (Å²) >= 11 is 0. The fourth-order valence-electron chi connectivity index (χ4n) is 1.89. The molecule has 1 aliphatic heterocycles. The number of hydrogen-bond donors (Lipinski definition) is 1.